The van der Waals surface area contributed by atoms with E-state index in [2.05, 4.69) is 5.10 Å². The highest BCUT2D eigenvalue weighted by Crippen LogP contribution is 2.30. The predicted molar refractivity (Wildman–Crippen MR) is 81.0 cm³/mol. The van der Waals surface area contributed by atoms with Crippen LogP contribution in [0.15, 0.2) is 60.8 Å². The first kappa shape index (κ1) is 13.7. The Hall–Kier alpha value is -3.28. The molecule has 0 spiro atoms. The fourth-order valence-corrected chi connectivity index (χ4v) is 2.23. The second-order valence-corrected chi connectivity index (χ2v) is 4.61. The summed E-state index contributed by atoms with van der Waals surface area (Å²) >= 11 is 0. The third kappa shape index (κ3) is 2.37. The van der Waals surface area contributed by atoms with Gasteiger partial charge in [0, 0.05) is 12.3 Å². The molecule has 0 aliphatic heterocycles. The van der Waals surface area contributed by atoms with Gasteiger partial charge in [0.05, 0.1) is 21.7 Å². The van der Waals surface area contributed by atoms with E-state index < -0.39 is 4.92 Å². The lowest BCUT2D eigenvalue weighted by Crippen LogP contribution is -1.96. The molecule has 3 aromatic rings. The van der Waals surface area contributed by atoms with Gasteiger partial charge in [0.15, 0.2) is 6.29 Å². The molecule has 1 heterocycles. The number of carbonyl (C=O) groups is 1. The van der Waals surface area contributed by atoms with Gasteiger partial charge in [-0.05, 0) is 18.2 Å². The number of aldehydes is 1. The van der Waals surface area contributed by atoms with Crippen molar-refractivity contribution in [3.05, 3.63) is 76.5 Å². The van der Waals surface area contributed by atoms with Gasteiger partial charge in [-0.2, -0.15) is 5.10 Å². The average Bonchev–Trinajstić information content (AvgIpc) is 3.00. The van der Waals surface area contributed by atoms with E-state index in [0.29, 0.717) is 23.1 Å². The topological polar surface area (TPSA) is 78.0 Å². The highest BCUT2D eigenvalue weighted by atomic mass is 16.6. The maximum Gasteiger partial charge on any atom is 0.278 e. The minimum atomic E-state index is -0.481. The lowest BCUT2D eigenvalue weighted by molar-refractivity contribution is -0.384. The molecule has 3 rings (SSSR count). The number of hydrogen-bond donors (Lipinski definition) is 0. The summed E-state index contributed by atoms with van der Waals surface area (Å²) in [6, 6.07) is 15.5. The Morgan fingerprint density at radius 2 is 1.73 bits per heavy atom. The Morgan fingerprint density at radius 1 is 1.05 bits per heavy atom. The molecule has 0 amide bonds. The van der Waals surface area contributed by atoms with Crippen LogP contribution in [0, 0.1) is 10.1 Å². The normalized spacial score (nSPS) is 10.4. The van der Waals surface area contributed by atoms with Gasteiger partial charge in [0.2, 0.25) is 0 Å². The molecule has 0 aliphatic rings. The third-order valence-corrected chi connectivity index (χ3v) is 3.25. The van der Waals surface area contributed by atoms with Crippen LogP contribution in [0.5, 0.6) is 0 Å². The van der Waals surface area contributed by atoms with Crippen molar-refractivity contribution >= 4 is 12.0 Å². The Kier molecular flexibility index (Phi) is 3.49. The van der Waals surface area contributed by atoms with Crippen molar-refractivity contribution in [3.8, 4) is 16.9 Å². The van der Waals surface area contributed by atoms with Crippen LogP contribution in [0.4, 0.5) is 5.69 Å². The molecule has 0 saturated carbocycles. The lowest BCUT2D eigenvalue weighted by atomic mass is 10.1. The van der Waals surface area contributed by atoms with Crippen LogP contribution in [0.1, 0.15) is 10.4 Å². The first-order valence-electron chi connectivity index (χ1n) is 6.55. The van der Waals surface area contributed by atoms with Crippen LogP contribution < -0.4 is 0 Å². The summed E-state index contributed by atoms with van der Waals surface area (Å²) in [7, 11) is 0. The zero-order chi connectivity index (χ0) is 15.5. The number of rotatable bonds is 4. The van der Waals surface area contributed by atoms with Gasteiger partial charge >= 0.3 is 0 Å². The smallest absolute Gasteiger partial charge is 0.278 e. The van der Waals surface area contributed by atoms with E-state index in [9.17, 15) is 14.9 Å². The molecule has 0 bridgehead atoms. The zero-order valence-electron chi connectivity index (χ0n) is 11.4. The fraction of sp³-hybridized carbons (Fsp3) is 0. The Morgan fingerprint density at radius 3 is 2.41 bits per heavy atom. The van der Waals surface area contributed by atoms with Crippen molar-refractivity contribution in [1.29, 1.82) is 0 Å². The third-order valence-electron chi connectivity index (χ3n) is 3.25. The highest BCUT2D eigenvalue weighted by molar-refractivity contribution is 5.88. The molecule has 0 radical (unpaired) electrons. The summed E-state index contributed by atoms with van der Waals surface area (Å²) in [5.74, 6) is 0. The van der Waals surface area contributed by atoms with Crippen LogP contribution in [-0.2, 0) is 0 Å². The Labute approximate surface area is 125 Å². The molecule has 22 heavy (non-hydrogen) atoms. The van der Waals surface area contributed by atoms with Crippen LogP contribution in [0.25, 0.3) is 16.9 Å². The van der Waals surface area contributed by atoms with Gasteiger partial charge in [-0.3, -0.25) is 14.9 Å². The maximum absolute atomic E-state index is 11.3. The summed E-state index contributed by atoms with van der Waals surface area (Å²) in [6.07, 6.45) is 2.22. The van der Waals surface area contributed by atoms with E-state index in [0.717, 1.165) is 5.69 Å². The van der Waals surface area contributed by atoms with E-state index >= 15 is 0 Å². The first-order chi connectivity index (χ1) is 10.7. The Bertz CT molecular complexity index is 841. The van der Waals surface area contributed by atoms with Crippen LogP contribution in [0.3, 0.4) is 0 Å². The van der Waals surface area contributed by atoms with Crippen LogP contribution in [0.2, 0.25) is 0 Å². The first-order valence-corrected chi connectivity index (χ1v) is 6.55. The van der Waals surface area contributed by atoms with Crippen molar-refractivity contribution in [2.24, 2.45) is 0 Å². The summed E-state index contributed by atoms with van der Waals surface area (Å²) in [4.78, 5) is 22.0. The van der Waals surface area contributed by atoms with E-state index in [-0.39, 0.29) is 5.69 Å². The van der Waals surface area contributed by atoms with E-state index in [1.165, 1.54) is 10.7 Å². The number of aromatic nitrogens is 2. The number of para-hydroxylation sites is 2. The average molecular weight is 293 g/mol. The predicted octanol–water partition coefficient (Wildman–Crippen LogP) is 3.26. The number of carbonyl (C=O) groups excluding carboxylic acids is 1. The molecule has 0 N–H and O–H groups in total. The summed E-state index contributed by atoms with van der Waals surface area (Å²) in [6.45, 7) is 0. The largest absolute Gasteiger partial charge is 0.298 e. The SMILES string of the molecule is O=Cc1cn(-c2ccccc2)nc1-c1ccccc1[N+](=O)[O-]. The lowest BCUT2D eigenvalue weighted by Gasteiger charge is -2.01. The quantitative estimate of drug-likeness (QED) is 0.420. The van der Waals surface area contributed by atoms with Crippen LogP contribution in [-0.4, -0.2) is 21.0 Å². The minimum absolute atomic E-state index is 0.0797. The molecular weight excluding hydrogens is 282 g/mol. The number of nitro groups is 1. The second-order valence-electron chi connectivity index (χ2n) is 4.61. The molecule has 0 unspecified atom stereocenters. The van der Waals surface area contributed by atoms with Gasteiger partial charge in [-0.15, -0.1) is 0 Å². The van der Waals surface area contributed by atoms with Crippen molar-refractivity contribution in [1.82, 2.24) is 9.78 Å². The molecule has 0 aliphatic carbocycles. The molecule has 2 aromatic carbocycles. The summed E-state index contributed by atoms with van der Waals surface area (Å²) in [5.41, 5.74) is 1.62. The molecule has 6 heteroatoms. The summed E-state index contributed by atoms with van der Waals surface area (Å²) in [5, 5.41) is 15.5. The van der Waals surface area contributed by atoms with Gasteiger partial charge in [-0.1, -0.05) is 30.3 Å². The fourth-order valence-electron chi connectivity index (χ4n) is 2.23. The van der Waals surface area contributed by atoms with E-state index in [1.807, 2.05) is 30.3 Å². The molecular formula is C16H11N3O3. The second kappa shape index (κ2) is 5.61. The van der Waals surface area contributed by atoms with E-state index in [1.54, 1.807) is 24.4 Å². The molecule has 0 atom stereocenters. The molecule has 6 nitrogen and oxygen atoms in total. The monoisotopic (exact) mass is 293 g/mol. The van der Waals surface area contributed by atoms with Gasteiger partial charge in [0.25, 0.3) is 5.69 Å². The molecule has 1 aromatic heterocycles. The number of benzene rings is 2. The van der Waals surface area contributed by atoms with Crippen molar-refractivity contribution in [2.45, 2.75) is 0 Å². The van der Waals surface area contributed by atoms with Crippen molar-refractivity contribution < 1.29 is 9.72 Å². The van der Waals surface area contributed by atoms with Crippen LogP contribution >= 0.6 is 0 Å². The molecule has 0 saturated heterocycles. The number of nitrogens with zero attached hydrogens (tertiary/aromatic N) is 3. The van der Waals surface area contributed by atoms with Crippen molar-refractivity contribution in [3.63, 3.8) is 0 Å². The van der Waals surface area contributed by atoms with Crippen molar-refractivity contribution in [2.75, 3.05) is 0 Å². The molecule has 0 fully saturated rings. The molecule has 108 valence electrons. The van der Waals surface area contributed by atoms with Gasteiger partial charge < -0.3 is 0 Å². The number of nitro benzene ring substituents is 1. The zero-order valence-corrected chi connectivity index (χ0v) is 11.4. The number of hydrogen-bond acceptors (Lipinski definition) is 4. The highest BCUT2D eigenvalue weighted by Gasteiger charge is 2.20. The van der Waals surface area contributed by atoms with E-state index in [4.69, 9.17) is 0 Å². The minimum Gasteiger partial charge on any atom is -0.298 e. The van der Waals surface area contributed by atoms with Gasteiger partial charge in [-0.25, -0.2) is 4.68 Å². The standard InChI is InChI=1S/C16H11N3O3/c20-11-12-10-18(13-6-2-1-3-7-13)17-16(12)14-8-4-5-9-15(14)19(21)22/h1-11H. The van der Waals surface area contributed by atoms with Gasteiger partial charge in [0.1, 0.15) is 5.69 Å². The maximum atomic E-state index is 11.3. The summed E-state index contributed by atoms with van der Waals surface area (Å²) < 4.78 is 1.54. The Balaban J connectivity index is 2.18.